The van der Waals surface area contributed by atoms with Crippen LogP contribution in [-0.2, 0) is 13.8 Å². The Kier molecular flexibility index (Phi) is 4.41. The monoisotopic (exact) mass is 349 g/mol. The Labute approximate surface area is 140 Å². The molecule has 1 fully saturated rings. The molecule has 1 atom stereocenters. The second-order valence-corrected chi connectivity index (χ2v) is 8.52. The summed E-state index contributed by atoms with van der Waals surface area (Å²) in [5.74, 6) is -0.499. The van der Waals surface area contributed by atoms with Crippen LogP contribution in [0.4, 0.5) is 5.69 Å². The lowest BCUT2D eigenvalue weighted by molar-refractivity contribution is -0.117. The van der Waals surface area contributed by atoms with Gasteiger partial charge in [0.25, 0.3) is 0 Å². The summed E-state index contributed by atoms with van der Waals surface area (Å²) in [7, 11) is 1.71. The SMILES string of the molecule is O=C1CC(CS(=O)(=O)Cl)CN1c1cccc(-c2ccccc2)c1. The van der Waals surface area contributed by atoms with Gasteiger partial charge in [-0.2, -0.15) is 0 Å². The van der Waals surface area contributed by atoms with E-state index in [0.29, 0.717) is 6.54 Å². The minimum atomic E-state index is -3.59. The Bertz CT molecular complexity index is 821. The zero-order valence-corrected chi connectivity index (χ0v) is 13.9. The molecule has 0 spiro atoms. The van der Waals surface area contributed by atoms with Crippen molar-refractivity contribution < 1.29 is 13.2 Å². The summed E-state index contributed by atoms with van der Waals surface area (Å²) in [5.41, 5.74) is 2.87. The van der Waals surface area contributed by atoms with Crippen molar-refractivity contribution in [1.82, 2.24) is 0 Å². The van der Waals surface area contributed by atoms with Crippen molar-refractivity contribution in [2.45, 2.75) is 6.42 Å². The standard InChI is InChI=1S/C17H16ClNO3S/c18-23(21,22)12-13-9-17(20)19(11-13)16-8-4-7-15(10-16)14-5-2-1-3-6-14/h1-8,10,13H,9,11-12H2. The van der Waals surface area contributed by atoms with E-state index in [0.717, 1.165) is 16.8 Å². The van der Waals surface area contributed by atoms with Crippen LogP contribution in [0.2, 0.25) is 0 Å². The fourth-order valence-corrected chi connectivity index (χ4v) is 4.23. The summed E-state index contributed by atoms with van der Waals surface area (Å²) in [5, 5.41) is 0. The average molecular weight is 350 g/mol. The van der Waals surface area contributed by atoms with E-state index in [-0.39, 0.29) is 24.0 Å². The number of halogens is 1. The normalized spacial score (nSPS) is 18.4. The zero-order valence-electron chi connectivity index (χ0n) is 12.4. The van der Waals surface area contributed by atoms with E-state index in [1.54, 1.807) is 4.90 Å². The van der Waals surface area contributed by atoms with Gasteiger partial charge in [0.1, 0.15) is 0 Å². The summed E-state index contributed by atoms with van der Waals surface area (Å²) in [6.45, 7) is 0.378. The fourth-order valence-electron chi connectivity index (χ4n) is 2.91. The summed E-state index contributed by atoms with van der Waals surface area (Å²) < 4.78 is 22.4. The lowest BCUT2D eigenvalue weighted by Gasteiger charge is -2.17. The van der Waals surface area contributed by atoms with E-state index in [1.807, 2.05) is 54.6 Å². The molecule has 0 aliphatic carbocycles. The van der Waals surface area contributed by atoms with Crippen LogP contribution < -0.4 is 4.90 Å². The van der Waals surface area contributed by atoms with Crippen LogP contribution >= 0.6 is 10.7 Å². The number of carbonyl (C=O) groups is 1. The minimum Gasteiger partial charge on any atom is -0.312 e. The van der Waals surface area contributed by atoms with Crippen molar-refractivity contribution in [2.75, 3.05) is 17.2 Å². The van der Waals surface area contributed by atoms with Gasteiger partial charge in [0.05, 0.1) is 5.75 Å². The summed E-state index contributed by atoms with van der Waals surface area (Å²) >= 11 is 0. The van der Waals surface area contributed by atoms with Gasteiger partial charge in [-0.15, -0.1) is 0 Å². The first-order valence-electron chi connectivity index (χ1n) is 7.30. The molecule has 23 heavy (non-hydrogen) atoms. The van der Waals surface area contributed by atoms with Gasteiger partial charge in [0.2, 0.25) is 15.0 Å². The quantitative estimate of drug-likeness (QED) is 0.796. The molecule has 2 aromatic carbocycles. The van der Waals surface area contributed by atoms with E-state index in [2.05, 4.69) is 0 Å². The molecule has 1 saturated heterocycles. The molecule has 120 valence electrons. The van der Waals surface area contributed by atoms with Crippen LogP contribution in [0, 0.1) is 5.92 Å². The van der Waals surface area contributed by atoms with Gasteiger partial charge in [-0.25, -0.2) is 8.42 Å². The molecule has 0 radical (unpaired) electrons. The van der Waals surface area contributed by atoms with Gasteiger partial charge in [-0.1, -0.05) is 42.5 Å². The summed E-state index contributed by atoms with van der Waals surface area (Å²) in [6.07, 6.45) is 0.210. The molecule has 6 heteroatoms. The molecule has 0 saturated carbocycles. The van der Waals surface area contributed by atoms with Gasteiger partial charge < -0.3 is 4.90 Å². The summed E-state index contributed by atoms with van der Waals surface area (Å²) in [4.78, 5) is 13.8. The second kappa shape index (κ2) is 6.34. The van der Waals surface area contributed by atoms with Gasteiger partial charge in [0.15, 0.2) is 0 Å². The Morgan fingerprint density at radius 2 is 1.74 bits per heavy atom. The third-order valence-corrected chi connectivity index (χ3v) is 5.15. The van der Waals surface area contributed by atoms with Crippen LogP contribution in [-0.4, -0.2) is 26.6 Å². The average Bonchev–Trinajstić information content (AvgIpc) is 2.87. The number of amides is 1. The maximum atomic E-state index is 12.2. The van der Waals surface area contributed by atoms with Crippen molar-refractivity contribution in [3.8, 4) is 11.1 Å². The highest BCUT2D eigenvalue weighted by atomic mass is 35.7. The predicted molar refractivity (Wildman–Crippen MR) is 92.0 cm³/mol. The van der Waals surface area contributed by atoms with Crippen LogP contribution in [0.1, 0.15) is 6.42 Å². The number of anilines is 1. The number of rotatable bonds is 4. The summed E-state index contributed by atoms with van der Waals surface area (Å²) in [6, 6.07) is 17.6. The minimum absolute atomic E-state index is 0.0690. The topological polar surface area (TPSA) is 54.5 Å². The molecule has 0 aromatic heterocycles. The van der Waals surface area contributed by atoms with Crippen LogP contribution in [0.3, 0.4) is 0 Å². The van der Waals surface area contributed by atoms with E-state index < -0.39 is 9.05 Å². The Hall–Kier alpha value is -1.85. The Morgan fingerprint density at radius 3 is 2.43 bits per heavy atom. The molecular weight excluding hydrogens is 334 g/mol. The lowest BCUT2D eigenvalue weighted by atomic mass is 10.1. The van der Waals surface area contributed by atoms with E-state index in [1.165, 1.54) is 0 Å². The number of hydrogen-bond donors (Lipinski definition) is 0. The van der Waals surface area contributed by atoms with Gasteiger partial charge in [-0.05, 0) is 23.3 Å². The number of benzene rings is 2. The Balaban J connectivity index is 1.84. The second-order valence-electron chi connectivity index (χ2n) is 5.70. The number of nitrogens with zero attached hydrogens (tertiary/aromatic N) is 1. The first-order chi connectivity index (χ1) is 10.9. The third kappa shape index (κ3) is 3.92. The first-order valence-corrected chi connectivity index (χ1v) is 9.78. The van der Waals surface area contributed by atoms with Crippen molar-refractivity contribution >= 4 is 31.3 Å². The molecule has 2 aromatic rings. The molecule has 1 unspecified atom stereocenters. The van der Waals surface area contributed by atoms with Crippen molar-refractivity contribution in [3.05, 3.63) is 54.6 Å². The van der Waals surface area contributed by atoms with Crippen LogP contribution in [0.5, 0.6) is 0 Å². The highest BCUT2D eigenvalue weighted by Gasteiger charge is 2.33. The molecule has 1 aliphatic heterocycles. The van der Waals surface area contributed by atoms with Gasteiger partial charge in [0, 0.05) is 35.3 Å². The van der Waals surface area contributed by atoms with Crippen LogP contribution in [0.15, 0.2) is 54.6 Å². The van der Waals surface area contributed by atoms with Gasteiger partial charge >= 0.3 is 0 Å². The molecule has 1 heterocycles. The van der Waals surface area contributed by atoms with E-state index in [9.17, 15) is 13.2 Å². The lowest BCUT2D eigenvalue weighted by Crippen LogP contribution is -2.25. The fraction of sp³-hybridized carbons (Fsp3) is 0.235. The van der Waals surface area contributed by atoms with Crippen LogP contribution in [0.25, 0.3) is 11.1 Å². The molecule has 1 aliphatic rings. The van der Waals surface area contributed by atoms with Crippen molar-refractivity contribution in [3.63, 3.8) is 0 Å². The smallest absolute Gasteiger partial charge is 0.232 e. The first kappa shape index (κ1) is 16.0. The largest absolute Gasteiger partial charge is 0.312 e. The maximum absolute atomic E-state index is 12.2. The van der Waals surface area contributed by atoms with Crippen molar-refractivity contribution in [1.29, 1.82) is 0 Å². The number of carbonyl (C=O) groups excluding carboxylic acids is 1. The predicted octanol–water partition coefficient (Wildman–Crippen LogP) is 3.28. The highest BCUT2D eigenvalue weighted by molar-refractivity contribution is 8.13. The van der Waals surface area contributed by atoms with Gasteiger partial charge in [-0.3, -0.25) is 4.79 Å². The van der Waals surface area contributed by atoms with E-state index in [4.69, 9.17) is 10.7 Å². The molecular formula is C17H16ClNO3S. The van der Waals surface area contributed by atoms with E-state index >= 15 is 0 Å². The third-order valence-electron chi connectivity index (χ3n) is 3.90. The maximum Gasteiger partial charge on any atom is 0.232 e. The number of hydrogen-bond acceptors (Lipinski definition) is 3. The molecule has 1 amide bonds. The zero-order chi connectivity index (χ0) is 16.4. The molecule has 3 rings (SSSR count). The van der Waals surface area contributed by atoms with Crippen molar-refractivity contribution in [2.24, 2.45) is 5.92 Å². The molecule has 0 N–H and O–H groups in total. The highest BCUT2D eigenvalue weighted by Crippen LogP contribution is 2.30. The Morgan fingerprint density at radius 1 is 1.04 bits per heavy atom. The molecule has 4 nitrogen and oxygen atoms in total. The molecule has 0 bridgehead atoms.